The molecule has 0 aliphatic rings. The number of benzene rings is 1. The maximum absolute atomic E-state index is 14.3. The van der Waals surface area contributed by atoms with Crippen molar-refractivity contribution in [2.45, 2.75) is 20.0 Å². The number of aromatic nitrogens is 2. The van der Waals surface area contributed by atoms with Crippen molar-refractivity contribution in [3.63, 3.8) is 0 Å². The van der Waals surface area contributed by atoms with Crippen LogP contribution in [0.15, 0.2) is 12.1 Å². The lowest BCUT2D eigenvalue weighted by Crippen LogP contribution is -2.06. The van der Waals surface area contributed by atoms with Gasteiger partial charge >= 0.3 is 6.61 Å². The van der Waals surface area contributed by atoms with Crippen molar-refractivity contribution in [2.24, 2.45) is 7.05 Å². The number of hydrogen-bond donors (Lipinski definition) is 0. The number of hydrogen-bond acceptors (Lipinski definition) is 4. The van der Waals surface area contributed by atoms with Gasteiger partial charge in [0.2, 0.25) is 5.88 Å². The zero-order chi connectivity index (χ0) is 18.7. The molecule has 0 amide bonds. The molecule has 2 rings (SSSR count). The normalized spacial score (nSPS) is 11.0. The SMILES string of the molecule is CCOC(=S)Cc1cc(-c2nn(C)c(OC(F)F)c2Cl)c(F)cc1Cl. The van der Waals surface area contributed by atoms with Crippen molar-refractivity contribution < 1.29 is 22.6 Å². The number of thiocarbonyl (C=S) groups is 1. The molecule has 1 heterocycles. The second kappa shape index (κ2) is 8.25. The van der Waals surface area contributed by atoms with Gasteiger partial charge in [0.1, 0.15) is 16.5 Å². The fourth-order valence-corrected chi connectivity index (χ4v) is 2.94. The van der Waals surface area contributed by atoms with Gasteiger partial charge in [-0.2, -0.15) is 13.9 Å². The average Bonchev–Trinajstić information content (AvgIpc) is 2.78. The van der Waals surface area contributed by atoms with E-state index in [1.807, 2.05) is 0 Å². The van der Waals surface area contributed by atoms with E-state index < -0.39 is 12.4 Å². The van der Waals surface area contributed by atoms with Gasteiger partial charge in [0.15, 0.2) is 5.05 Å². The van der Waals surface area contributed by atoms with E-state index >= 15 is 0 Å². The predicted octanol–water partition coefficient (Wildman–Crippen LogP) is 5.04. The molecule has 0 bridgehead atoms. The maximum atomic E-state index is 14.3. The summed E-state index contributed by atoms with van der Waals surface area (Å²) in [5.74, 6) is -1.08. The van der Waals surface area contributed by atoms with Gasteiger partial charge in [0.05, 0.1) is 6.61 Å². The Balaban J connectivity index is 2.47. The molecule has 25 heavy (non-hydrogen) atoms. The van der Waals surface area contributed by atoms with Gasteiger partial charge in [-0.05, 0) is 36.8 Å². The zero-order valence-corrected chi connectivity index (χ0v) is 15.5. The fourth-order valence-electron chi connectivity index (χ4n) is 2.15. The molecule has 0 aliphatic heterocycles. The van der Waals surface area contributed by atoms with Crippen molar-refractivity contribution in [3.8, 4) is 17.1 Å². The van der Waals surface area contributed by atoms with E-state index in [1.165, 1.54) is 13.1 Å². The molecular weight excluding hydrogens is 400 g/mol. The highest BCUT2D eigenvalue weighted by molar-refractivity contribution is 7.80. The van der Waals surface area contributed by atoms with Crippen LogP contribution in [0, 0.1) is 5.82 Å². The molecule has 0 N–H and O–H groups in total. The standard InChI is InChI=1S/C15H13Cl2F3N2O2S/c1-3-23-11(25)5-7-4-8(10(18)6-9(7)16)13-12(17)14(22(2)21-13)24-15(19)20/h4,6,15H,3,5H2,1-2H3. The highest BCUT2D eigenvalue weighted by atomic mass is 35.5. The Morgan fingerprint density at radius 1 is 1.36 bits per heavy atom. The van der Waals surface area contributed by atoms with Gasteiger partial charge in [-0.1, -0.05) is 23.2 Å². The van der Waals surface area contributed by atoms with Crippen LogP contribution in [0.4, 0.5) is 13.2 Å². The number of rotatable bonds is 6. The first kappa shape index (κ1) is 19.8. The minimum absolute atomic E-state index is 0.0107. The van der Waals surface area contributed by atoms with Gasteiger partial charge in [0.25, 0.3) is 0 Å². The van der Waals surface area contributed by atoms with Crippen molar-refractivity contribution in [1.29, 1.82) is 0 Å². The zero-order valence-electron chi connectivity index (χ0n) is 13.2. The van der Waals surface area contributed by atoms with Crippen molar-refractivity contribution in [1.82, 2.24) is 9.78 Å². The van der Waals surface area contributed by atoms with Gasteiger partial charge in [-0.3, -0.25) is 0 Å². The van der Waals surface area contributed by atoms with Crippen LogP contribution in [-0.4, -0.2) is 28.0 Å². The lowest BCUT2D eigenvalue weighted by atomic mass is 10.1. The van der Waals surface area contributed by atoms with Crippen LogP contribution in [0.5, 0.6) is 5.88 Å². The molecule has 0 aliphatic carbocycles. The van der Waals surface area contributed by atoms with Gasteiger partial charge in [-0.15, -0.1) is 0 Å². The molecule has 0 fully saturated rings. The lowest BCUT2D eigenvalue weighted by Gasteiger charge is -2.09. The molecule has 0 atom stereocenters. The number of aryl methyl sites for hydroxylation is 1. The molecule has 0 saturated heterocycles. The van der Waals surface area contributed by atoms with E-state index in [4.69, 9.17) is 40.2 Å². The first-order chi connectivity index (χ1) is 11.7. The Hall–Kier alpha value is -1.51. The summed E-state index contributed by atoms with van der Waals surface area (Å²) in [7, 11) is 1.35. The first-order valence-electron chi connectivity index (χ1n) is 7.05. The smallest absolute Gasteiger partial charge is 0.388 e. The Morgan fingerprint density at radius 2 is 2.04 bits per heavy atom. The molecular formula is C15H13Cl2F3N2O2S. The van der Waals surface area contributed by atoms with E-state index in [2.05, 4.69) is 9.84 Å². The Labute approximate surface area is 157 Å². The van der Waals surface area contributed by atoms with Gasteiger partial charge in [-0.25, -0.2) is 9.07 Å². The third-order valence-electron chi connectivity index (χ3n) is 3.17. The first-order valence-corrected chi connectivity index (χ1v) is 8.22. The quantitative estimate of drug-likeness (QED) is 0.622. The molecule has 4 nitrogen and oxygen atoms in total. The maximum Gasteiger partial charge on any atom is 0.388 e. The number of nitrogens with zero attached hydrogens (tertiary/aromatic N) is 2. The highest BCUT2D eigenvalue weighted by Crippen LogP contribution is 2.38. The van der Waals surface area contributed by atoms with Crippen molar-refractivity contribution in [3.05, 3.63) is 33.6 Å². The van der Waals surface area contributed by atoms with Crippen molar-refractivity contribution in [2.75, 3.05) is 6.61 Å². The summed E-state index contributed by atoms with van der Waals surface area (Å²) in [6.45, 7) is -0.914. The molecule has 0 saturated carbocycles. The highest BCUT2D eigenvalue weighted by Gasteiger charge is 2.23. The molecule has 1 aromatic heterocycles. The third-order valence-corrected chi connectivity index (χ3v) is 4.13. The lowest BCUT2D eigenvalue weighted by molar-refractivity contribution is -0.0552. The summed E-state index contributed by atoms with van der Waals surface area (Å²) in [5, 5.41) is 4.17. The molecule has 1 aromatic carbocycles. The van der Waals surface area contributed by atoms with Crippen LogP contribution >= 0.6 is 35.4 Å². The second-order valence-corrected chi connectivity index (χ2v) is 6.12. The van der Waals surface area contributed by atoms with Crippen LogP contribution in [0.25, 0.3) is 11.3 Å². The Bertz CT molecular complexity index is 800. The summed E-state index contributed by atoms with van der Waals surface area (Å²) in [6.07, 6.45) is 0.181. The molecule has 2 aromatic rings. The van der Waals surface area contributed by atoms with Crippen LogP contribution in [-0.2, 0) is 18.2 Å². The largest absolute Gasteiger partial charge is 0.487 e. The number of halogens is 5. The van der Waals surface area contributed by atoms with Gasteiger partial charge < -0.3 is 9.47 Å². The van der Waals surface area contributed by atoms with Gasteiger partial charge in [0, 0.05) is 24.1 Å². The average molecular weight is 413 g/mol. The Kier molecular flexibility index (Phi) is 6.53. The topological polar surface area (TPSA) is 36.3 Å². The molecule has 0 unspecified atom stereocenters. The molecule has 10 heteroatoms. The summed E-state index contributed by atoms with van der Waals surface area (Å²) in [5.41, 5.74) is 0.440. The molecule has 0 spiro atoms. The van der Waals surface area contributed by atoms with Crippen LogP contribution in [0.1, 0.15) is 12.5 Å². The van der Waals surface area contributed by atoms with E-state index in [-0.39, 0.29) is 38.7 Å². The van der Waals surface area contributed by atoms with Crippen molar-refractivity contribution >= 4 is 40.5 Å². The number of ether oxygens (including phenoxy) is 2. The Morgan fingerprint density at radius 3 is 2.64 bits per heavy atom. The molecule has 136 valence electrons. The minimum Gasteiger partial charge on any atom is -0.487 e. The van der Waals surface area contributed by atoms with E-state index in [1.54, 1.807) is 6.92 Å². The monoisotopic (exact) mass is 412 g/mol. The van der Waals surface area contributed by atoms with E-state index in [0.29, 0.717) is 12.2 Å². The summed E-state index contributed by atoms with van der Waals surface area (Å²) in [4.78, 5) is 0. The van der Waals surface area contributed by atoms with Crippen LogP contribution < -0.4 is 4.74 Å². The minimum atomic E-state index is -3.09. The summed E-state index contributed by atoms with van der Waals surface area (Å²) < 4.78 is 49.8. The van der Waals surface area contributed by atoms with E-state index in [0.717, 1.165) is 10.7 Å². The van der Waals surface area contributed by atoms with Crippen LogP contribution in [0.2, 0.25) is 10.0 Å². The van der Waals surface area contributed by atoms with Crippen LogP contribution in [0.3, 0.4) is 0 Å². The third kappa shape index (κ3) is 4.56. The second-order valence-electron chi connectivity index (χ2n) is 4.88. The summed E-state index contributed by atoms with van der Waals surface area (Å²) in [6, 6.07) is 2.49. The fraction of sp³-hybridized carbons (Fsp3) is 0.333. The predicted molar refractivity (Wildman–Crippen MR) is 93.2 cm³/mol. The summed E-state index contributed by atoms with van der Waals surface area (Å²) >= 11 is 17.1. The molecule has 0 radical (unpaired) electrons. The number of alkyl halides is 2. The van der Waals surface area contributed by atoms with E-state index in [9.17, 15) is 13.2 Å².